The largest absolute Gasteiger partial charge is 0.383 e. The molecule has 4 nitrogen and oxygen atoms in total. The van der Waals surface area contributed by atoms with Crippen LogP contribution in [0.15, 0.2) is 30.9 Å². The molecule has 2 N–H and O–H groups in total. The van der Waals surface area contributed by atoms with Crippen LogP contribution in [0.5, 0.6) is 0 Å². The van der Waals surface area contributed by atoms with Crippen LogP contribution in [0.1, 0.15) is 45.6 Å². The molecule has 106 valence electrons. The molecule has 4 heteroatoms. The lowest BCUT2D eigenvalue weighted by atomic mass is 9.73. The fourth-order valence-corrected chi connectivity index (χ4v) is 3.39. The molecule has 0 aromatic carbocycles. The van der Waals surface area contributed by atoms with Gasteiger partial charge >= 0.3 is 0 Å². The molecule has 0 spiro atoms. The summed E-state index contributed by atoms with van der Waals surface area (Å²) in [5.74, 6) is 0.572. The van der Waals surface area contributed by atoms with Crippen molar-refractivity contribution in [2.75, 3.05) is 5.73 Å². The molecule has 0 bridgehead atoms. The van der Waals surface area contributed by atoms with Gasteiger partial charge < -0.3 is 10.3 Å². The van der Waals surface area contributed by atoms with Crippen LogP contribution in [0.25, 0.3) is 11.3 Å². The molecule has 1 saturated carbocycles. The summed E-state index contributed by atoms with van der Waals surface area (Å²) in [7, 11) is 0. The van der Waals surface area contributed by atoms with E-state index < -0.39 is 0 Å². The molecule has 2 heterocycles. The van der Waals surface area contributed by atoms with Crippen LogP contribution in [-0.4, -0.2) is 14.5 Å². The van der Waals surface area contributed by atoms with Crippen molar-refractivity contribution in [3.8, 4) is 11.3 Å². The highest BCUT2D eigenvalue weighted by molar-refractivity contribution is 5.70. The summed E-state index contributed by atoms with van der Waals surface area (Å²) >= 11 is 0. The van der Waals surface area contributed by atoms with Crippen molar-refractivity contribution >= 4 is 5.82 Å². The normalized spacial score (nSPS) is 21.8. The fourth-order valence-electron chi connectivity index (χ4n) is 3.39. The predicted molar refractivity (Wildman–Crippen MR) is 81.2 cm³/mol. The summed E-state index contributed by atoms with van der Waals surface area (Å²) in [6, 6.07) is 4.43. The smallest absolute Gasteiger partial charge is 0.132 e. The van der Waals surface area contributed by atoms with Crippen LogP contribution in [0.3, 0.4) is 0 Å². The molecule has 0 saturated heterocycles. The third kappa shape index (κ3) is 2.19. The maximum Gasteiger partial charge on any atom is 0.132 e. The van der Waals surface area contributed by atoms with Crippen molar-refractivity contribution in [1.29, 1.82) is 0 Å². The summed E-state index contributed by atoms with van der Waals surface area (Å²) in [6.07, 6.45) is 10.6. The molecule has 3 rings (SSSR count). The van der Waals surface area contributed by atoms with Crippen LogP contribution in [0.4, 0.5) is 5.82 Å². The molecule has 0 radical (unpaired) electrons. The monoisotopic (exact) mass is 270 g/mol. The summed E-state index contributed by atoms with van der Waals surface area (Å²) in [5.41, 5.74) is 8.38. The number of hydrogen-bond acceptors (Lipinski definition) is 3. The van der Waals surface area contributed by atoms with E-state index in [0.29, 0.717) is 17.3 Å². The average Bonchev–Trinajstić information content (AvgIpc) is 2.87. The number of nitrogen functional groups attached to an aromatic ring is 1. The van der Waals surface area contributed by atoms with E-state index in [9.17, 15) is 0 Å². The molecule has 2 aromatic heterocycles. The van der Waals surface area contributed by atoms with Crippen molar-refractivity contribution in [3.05, 3.63) is 30.9 Å². The zero-order valence-electron chi connectivity index (χ0n) is 12.2. The number of aromatic nitrogens is 3. The van der Waals surface area contributed by atoms with Crippen molar-refractivity contribution in [3.63, 3.8) is 0 Å². The Morgan fingerprint density at radius 3 is 2.95 bits per heavy atom. The number of imidazole rings is 1. The van der Waals surface area contributed by atoms with Crippen LogP contribution < -0.4 is 5.73 Å². The minimum Gasteiger partial charge on any atom is -0.383 e. The molecule has 1 aliphatic rings. The number of hydrogen-bond donors (Lipinski definition) is 1. The number of rotatable bonds is 2. The Balaban J connectivity index is 2.05. The van der Waals surface area contributed by atoms with E-state index in [1.165, 1.54) is 25.7 Å². The number of anilines is 1. The molecule has 20 heavy (non-hydrogen) atoms. The summed E-state index contributed by atoms with van der Waals surface area (Å²) in [6.45, 7) is 4.71. The fraction of sp³-hybridized carbons (Fsp3) is 0.500. The molecular formula is C16H22N4. The highest BCUT2D eigenvalue weighted by Crippen LogP contribution is 2.45. The topological polar surface area (TPSA) is 56.7 Å². The van der Waals surface area contributed by atoms with Crippen molar-refractivity contribution in [2.45, 2.75) is 45.6 Å². The van der Waals surface area contributed by atoms with Gasteiger partial charge in [0.05, 0.1) is 18.2 Å². The SMILES string of the molecule is CC1(C)CCCCC1n1cncc1-c1cccnc1N. The van der Waals surface area contributed by atoms with Crippen molar-refractivity contribution in [2.24, 2.45) is 5.41 Å². The van der Waals surface area contributed by atoms with Crippen LogP contribution in [0.2, 0.25) is 0 Å². The van der Waals surface area contributed by atoms with E-state index in [-0.39, 0.29) is 0 Å². The van der Waals surface area contributed by atoms with E-state index in [2.05, 4.69) is 28.4 Å². The molecule has 1 fully saturated rings. The maximum atomic E-state index is 6.03. The molecule has 1 atom stereocenters. The minimum absolute atomic E-state index is 0.296. The highest BCUT2D eigenvalue weighted by atomic mass is 15.1. The van der Waals surface area contributed by atoms with Gasteiger partial charge in [0, 0.05) is 17.8 Å². The van der Waals surface area contributed by atoms with Gasteiger partial charge in [0.1, 0.15) is 5.82 Å². The summed E-state index contributed by atoms with van der Waals surface area (Å²) in [4.78, 5) is 8.55. The number of pyridine rings is 1. The number of nitrogens with zero attached hydrogens (tertiary/aromatic N) is 3. The van der Waals surface area contributed by atoms with E-state index in [1.54, 1.807) is 6.20 Å². The lowest BCUT2D eigenvalue weighted by Gasteiger charge is -2.40. The first kappa shape index (κ1) is 13.2. The van der Waals surface area contributed by atoms with Crippen LogP contribution in [0, 0.1) is 5.41 Å². The van der Waals surface area contributed by atoms with Gasteiger partial charge in [-0.2, -0.15) is 0 Å². The van der Waals surface area contributed by atoms with E-state index in [0.717, 1.165) is 11.3 Å². The van der Waals surface area contributed by atoms with Crippen LogP contribution >= 0.6 is 0 Å². The van der Waals surface area contributed by atoms with Gasteiger partial charge in [-0.1, -0.05) is 26.7 Å². The Morgan fingerprint density at radius 2 is 2.20 bits per heavy atom. The van der Waals surface area contributed by atoms with Crippen LogP contribution in [-0.2, 0) is 0 Å². The van der Waals surface area contributed by atoms with Gasteiger partial charge in [0.25, 0.3) is 0 Å². The van der Waals surface area contributed by atoms with E-state index in [4.69, 9.17) is 5.73 Å². The Bertz CT molecular complexity index is 600. The lowest BCUT2D eigenvalue weighted by molar-refractivity contribution is 0.145. The second kappa shape index (κ2) is 4.93. The standard InChI is InChI=1S/C16H22N4/c1-16(2)8-4-3-7-14(16)20-11-18-10-13(20)12-6-5-9-19-15(12)17/h5-6,9-11,14H,3-4,7-8H2,1-2H3,(H2,17,19). The van der Waals surface area contributed by atoms with E-state index >= 15 is 0 Å². The zero-order chi connectivity index (χ0) is 14.2. The molecule has 1 aliphatic carbocycles. The molecule has 2 aromatic rings. The third-order valence-corrected chi connectivity index (χ3v) is 4.57. The average molecular weight is 270 g/mol. The quantitative estimate of drug-likeness (QED) is 0.905. The van der Waals surface area contributed by atoms with Crippen molar-refractivity contribution in [1.82, 2.24) is 14.5 Å². The molecular weight excluding hydrogens is 248 g/mol. The highest BCUT2D eigenvalue weighted by Gasteiger charge is 2.34. The predicted octanol–water partition coefficient (Wildman–Crippen LogP) is 3.67. The second-order valence-electron chi connectivity index (χ2n) is 6.37. The minimum atomic E-state index is 0.296. The van der Waals surface area contributed by atoms with Crippen molar-refractivity contribution < 1.29 is 0 Å². The van der Waals surface area contributed by atoms with Gasteiger partial charge in [-0.15, -0.1) is 0 Å². The summed E-state index contributed by atoms with van der Waals surface area (Å²) in [5, 5.41) is 0. The van der Waals surface area contributed by atoms with Gasteiger partial charge in [0.2, 0.25) is 0 Å². The first-order chi connectivity index (χ1) is 9.59. The maximum absolute atomic E-state index is 6.03. The third-order valence-electron chi connectivity index (χ3n) is 4.57. The van der Waals surface area contributed by atoms with Gasteiger partial charge in [-0.05, 0) is 30.4 Å². The molecule has 1 unspecified atom stereocenters. The number of nitrogens with two attached hydrogens (primary N) is 1. The first-order valence-corrected chi connectivity index (χ1v) is 7.32. The Morgan fingerprint density at radius 1 is 1.35 bits per heavy atom. The van der Waals surface area contributed by atoms with Gasteiger partial charge in [-0.3, -0.25) is 0 Å². The van der Waals surface area contributed by atoms with Gasteiger partial charge in [0.15, 0.2) is 0 Å². The summed E-state index contributed by atoms with van der Waals surface area (Å²) < 4.78 is 2.30. The Hall–Kier alpha value is -1.84. The first-order valence-electron chi connectivity index (χ1n) is 7.32. The molecule has 0 amide bonds. The Labute approximate surface area is 120 Å². The van der Waals surface area contributed by atoms with E-state index in [1.807, 2.05) is 24.7 Å². The second-order valence-corrected chi connectivity index (χ2v) is 6.37. The van der Waals surface area contributed by atoms with Gasteiger partial charge in [-0.25, -0.2) is 9.97 Å². The zero-order valence-corrected chi connectivity index (χ0v) is 12.2. The molecule has 0 aliphatic heterocycles. The Kier molecular flexibility index (Phi) is 3.24. The lowest BCUT2D eigenvalue weighted by Crippen LogP contribution is -2.30.